The summed E-state index contributed by atoms with van der Waals surface area (Å²) in [4.78, 5) is 26.6. The van der Waals surface area contributed by atoms with Gasteiger partial charge in [0, 0.05) is 23.0 Å². The van der Waals surface area contributed by atoms with Crippen LogP contribution in [-0.2, 0) is 16.9 Å². The van der Waals surface area contributed by atoms with Gasteiger partial charge in [0.2, 0.25) is 0 Å². The maximum atomic E-state index is 13.4. The molecule has 2 heterocycles. The maximum absolute atomic E-state index is 13.4. The summed E-state index contributed by atoms with van der Waals surface area (Å²) in [6, 6.07) is 12.4. The Morgan fingerprint density at radius 3 is 2.57 bits per heavy atom. The summed E-state index contributed by atoms with van der Waals surface area (Å²) < 4.78 is 15.1. The third kappa shape index (κ3) is 3.03. The van der Waals surface area contributed by atoms with Crippen molar-refractivity contribution in [3.63, 3.8) is 0 Å². The van der Waals surface area contributed by atoms with Gasteiger partial charge in [-0.25, -0.2) is 13.9 Å². The molecule has 28 heavy (non-hydrogen) atoms. The van der Waals surface area contributed by atoms with Crippen LogP contribution in [0.3, 0.4) is 0 Å². The number of urea groups is 1. The fourth-order valence-electron chi connectivity index (χ4n) is 3.28. The molecule has 0 bridgehead atoms. The maximum Gasteiger partial charge on any atom is 0.325 e. The second-order valence-electron chi connectivity index (χ2n) is 6.69. The van der Waals surface area contributed by atoms with Crippen molar-refractivity contribution in [2.24, 2.45) is 0 Å². The Labute approximate surface area is 165 Å². The van der Waals surface area contributed by atoms with Gasteiger partial charge < -0.3 is 5.32 Å². The molecule has 0 spiro atoms. The molecule has 1 aliphatic heterocycles. The van der Waals surface area contributed by atoms with E-state index in [1.165, 1.54) is 12.1 Å². The quantitative estimate of drug-likeness (QED) is 0.682. The first kappa shape index (κ1) is 18.2. The van der Waals surface area contributed by atoms with Gasteiger partial charge in [0.05, 0.1) is 12.2 Å². The minimum atomic E-state index is -1.35. The van der Waals surface area contributed by atoms with Crippen molar-refractivity contribution in [1.82, 2.24) is 20.0 Å². The number of carbonyl (C=O) groups is 2. The van der Waals surface area contributed by atoms with Crippen molar-refractivity contribution in [3.05, 3.63) is 82.9 Å². The zero-order valence-electron chi connectivity index (χ0n) is 14.9. The lowest BCUT2D eigenvalue weighted by Crippen LogP contribution is -2.41. The van der Waals surface area contributed by atoms with E-state index in [1.54, 1.807) is 17.8 Å². The number of nitrogens with one attached hydrogen (secondary N) is 1. The molecule has 1 atom stereocenters. The molecule has 0 saturated carbocycles. The van der Waals surface area contributed by atoms with Crippen LogP contribution in [0.1, 0.15) is 18.1 Å². The van der Waals surface area contributed by atoms with Crippen LogP contribution in [0.4, 0.5) is 9.18 Å². The summed E-state index contributed by atoms with van der Waals surface area (Å²) in [7, 11) is 0. The van der Waals surface area contributed by atoms with Crippen LogP contribution < -0.4 is 5.32 Å². The topological polar surface area (TPSA) is 67.2 Å². The van der Waals surface area contributed by atoms with Crippen LogP contribution in [0.2, 0.25) is 5.02 Å². The summed E-state index contributed by atoms with van der Waals surface area (Å²) in [6.07, 6.45) is 3.51. The second kappa shape index (κ2) is 6.76. The number of amides is 3. The molecule has 3 aromatic rings. The predicted octanol–water partition coefficient (Wildman–Crippen LogP) is 3.63. The molecule has 8 heteroatoms. The number of rotatable bonds is 4. The molecule has 6 nitrogen and oxygen atoms in total. The molecular weight excluding hydrogens is 383 g/mol. The largest absolute Gasteiger partial charge is 0.325 e. The lowest BCUT2D eigenvalue weighted by Gasteiger charge is -2.23. The van der Waals surface area contributed by atoms with E-state index in [0.717, 1.165) is 22.2 Å². The van der Waals surface area contributed by atoms with Gasteiger partial charge in [-0.05, 0) is 42.8 Å². The number of hydrogen-bond donors (Lipinski definition) is 1. The highest BCUT2D eigenvalue weighted by Crippen LogP contribution is 2.34. The molecule has 1 aromatic heterocycles. The van der Waals surface area contributed by atoms with Gasteiger partial charge in [0.1, 0.15) is 11.4 Å². The Hall–Kier alpha value is -3.19. The summed E-state index contributed by atoms with van der Waals surface area (Å²) in [5, 5.41) is 6.92. The van der Waals surface area contributed by atoms with Crippen molar-refractivity contribution >= 4 is 23.5 Å². The Bertz CT molecular complexity index is 1050. The van der Waals surface area contributed by atoms with Crippen molar-refractivity contribution in [3.8, 4) is 5.69 Å². The zero-order valence-corrected chi connectivity index (χ0v) is 15.7. The van der Waals surface area contributed by atoms with E-state index in [1.807, 2.05) is 36.5 Å². The van der Waals surface area contributed by atoms with E-state index < -0.39 is 23.3 Å². The van der Waals surface area contributed by atoms with Gasteiger partial charge in [-0.1, -0.05) is 29.8 Å². The number of hydrogen-bond acceptors (Lipinski definition) is 3. The summed E-state index contributed by atoms with van der Waals surface area (Å²) >= 11 is 6.12. The van der Waals surface area contributed by atoms with Crippen LogP contribution in [-0.4, -0.2) is 26.6 Å². The van der Waals surface area contributed by atoms with Crippen molar-refractivity contribution in [1.29, 1.82) is 0 Å². The Morgan fingerprint density at radius 1 is 1.18 bits per heavy atom. The molecule has 2 aromatic carbocycles. The van der Waals surface area contributed by atoms with Crippen LogP contribution >= 0.6 is 11.6 Å². The molecule has 1 N–H and O–H groups in total. The monoisotopic (exact) mass is 398 g/mol. The second-order valence-corrected chi connectivity index (χ2v) is 7.09. The normalized spacial score (nSPS) is 19.2. The Kier molecular flexibility index (Phi) is 4.39. The first-order valence-electron chi connectivity index (χ1n) is 8.57. The van der Waals surface area contributed by atoms with E-state index in [9.17, 15) is 14.0 Å². The molecule has 4 rings (SSSR count). The van der Waals surface area contributed by atoms with Crippen LogP contribution in [0, 0.1) is 5.82 Å². The Balaban J connectivity index is 1.57. The predicted molar refractivity (Wildman–Crippen MR) is 101 cm³/mol. The number of aromatic nitrogens is 2. The summed E-state index contributed by atoms with van der Waals surface area (Å²) in [5.74, 6) is -0.953. The SMILES string of the molecule is CC1(c2ccc(F)cc2Cl)NC(=O)N(Cc2ccc(-n3cccn3)cc2)C1=O. The highest BCUT2D eigenvalue weighted by molar-refractivity contribution is 6.32. The van der Waals surface area contributed by atoms with Crippen molar-refractivity contribution in [2.75, 3.05) is 0 Å². The van der Waals surface area contributed by atoms with Gasteiger partial charge in [-0.3, -0.25) is 9.69 Å². The van der Waals surface area contributed by atoms with Gasteiger partial charge in [0.15, 0.2) is 0 Å². The minimum Gasteiger partial charge on any atom is -0.319 e. The third-order valence-electron chi connectivity index (χ3n) is 4.79. The molecule has 0 aliphatic carbocycles. The highest BCUT2D eigenvalue weighted by atomic mass is 35.5. The van der Waals surface area contributed by atoms with Gasteiger partial charge >= 0.3 is 6.03 Å². The van der Waals surface area contributed by atoms with Crippen LogP contribution in [0.15, 0.2) is 60.9 Å². The number of carbonyl (C=O) groups excluding carboxylic acids is 2. The average molecular weight is 399 g/mol. The lowest BCUT2D eigenvalue weighted by atomic mass is 9.92. The van der Waals surface area contributed by atoms with Gasteiger partial charge in [0.25, 0.3) is 5.91 Å². The van der Waals surface area contributed by atoms with E-state index >= 15 is 0 Å². The average Bonchev–Trinajstić information content (AvgIpc) is 3.26. The lowest BCUT2D eigenvalue weighted by molar-refractivity contribution is -0.131. The van der Waals surface area contributed by atoms with Gasteiger partial charge in [-0.15, -0.1) is 0 Å². The number of benzene rings is 2. The number of imide groups is 1. The molecule has 1 unspecified atom stereocenters. The summed E-state index contributed by atoms with van der Waals surface area (Å²) in [6.45, 7) is 1.67. The number of nitrogens with zero attached hydrogens (tertiary/aromatic N) is 3. The van der Waals surface area contributed by atoms with Crippen LogP contribution in [0.5, 0.6) is 0 Å². The molecule has 1 saturated heterocycles. The Morgan fingerprint density at radius 2 is 1.93 bits per heavy atom. The minimum absolute atomic E-state index is 0.0848. The van der Waals surface area contributed by atoms with E-state index in [4.69, 9.17) is 11.6 Å². The molecule has 3 amide bonds. The smallest absolute Gasteiger partial charge is 0.319 e. The molecular formula is C20H16ClFN4O2. The van der Waals surface area contributed by atoms with Crippen LogP contribution in [0.25, 0.3) is 5.69 Å². The fourth-order valence-corrected chi connectivity index (χ4v) is 3.63. The molecule has 1 fully saturated rings. The first-order valence-corrected chi connectivity index (χ1v) is 8.95. The zero-order chi connectivity index (χ0) is 19.9. The molecule has 1 aliphatic rings. The van der Waals surface area contributed by atoms with E-state index in [2.05, 4.69) is 10.4 Å². The molecule has 142 valence electrons. The van der Waals surface area contributed by atoms with Crippen molar-refractivity contribution in [2.45, 2.75) is 19.0 Å². The van der Waals surface area contributed by atoms with E-state index in [0.29, 0.717) is 5.56 Å². The fraction of sp³-hybridized carbons (Fsp3) is 0.150. The standard InChI is InChI=1S/C20H16ClFN4O2/c1-20(16-8-5-14(22)11-17(16)21)18(27)25(19(28)24-20)12-13-3-6-15(7-4-13)26-10-2-9-23-26/h2-11H,12H2,1H3,(H,24,28). The molecule has 0 radical (unpaired) electrons. The number of halogens is 2. The summed E-state index contributed by atoms with van der Waals surface area (Å²) in [5.41, 5.74) is 0.657. The van der Waals surface area contributed by atoms with Gasteiger partial charge in [-0.2, -0.15) is 5.10 Å². The first-order chi connectivity index (χ1) is 13.4. The third-order valence-corrected chi connectivity index (χ3v) is 5.10. The van der Waals surface area contributed by atoms with Crippen molar-refractivity contribution < 1.29 is 14.0 Å². The highest BCUT2D eigenvalue weighted by Gasteiger charge is 2.49. The van der Waals surface area contributed by atoms with E-state index in [-0.39, 0.29) is 11.6 Å².